The number of carbonyl (C=O) groups is 2. The summed E-state index contributed by atoms with van der Waals surface area (Å²) in [5.41, 5.74) is 2.32. The Balaban J connectivity index is 1.36. The highest BCUT2D eigenvalue weighted by molar-refractivity contribution is 5.79. The van der Waals surface area contributed by atoms with Crippen molar-refractivity contribution in [2.24, 2.45) is 5.41 Å². The van der Waals surface area contributed by atoms with Crippen molar-refractivity contribution in [2.45, 2.75) is 45.6 Å². The Labute approximate surface area is 188 Å². The van der Waals surface area contributed by atoms with Gasteiger partial charge in [0, 0.05) is 13.1 Å². The molecule has 7 nitrogen and oxygen atoms in total. The first-order valence-electron chi connectivity index (χ1n) is 11.4. The highest BCUT2D eigenvalue weighted by atomic mass is 16.5. The number of amides is 1. The highest BCUT2D eigenvalue weighted by Crippen LogP contribution is 2.38. The van der Waals surface area contributed by atoms with Gasteiger partial charge in [0.1, 0.15) is 17.6 Å². The predicted octanol–water partition coefficient (Wildman–Crippen LogP) is 3.63. The van der Waals surface area contributed by atoms with Crippen LogP contribution in [0.25, 0.3) is 11.0 Å². The molecular weight excluding hydrogens is 404 g/mol. The Kier molecular flexibility index (Phi) is 6.83. The van der Waals surface area contributed by atoms with Gasteiger partial charge < -0.3 is 9.64 Å². The van der Waals surface area contributed by atoms with Gasteiger partial charge in [0.15, 0.2) is 0 Å². The number of aryl methyl sites for hydroxylation is 1. The maximum Gasteiger partial charge on any atom is 0.312 e. The molecule has 1 fully saturated rings. The molecule has 168 valence electrons. The van der Waals surface area contributed by atoms with Crippen molar-refractivity contribution in [1.82, 2.24) is 19.9 Å². The largest absolute Gasteiger partial charge is 0.466 e. The minimum atomic E-state index is -0.514. The number of esters is 1. The van der Waals surface area contributed by atoms with Crippen molar-refractivity contribution < 1.29 is 14.3 Å². The molecule has 4 rings (SSSR count). The number of piperidine rings is 1. The molecule has 1 aliphatic rings. The summed E-state index contributed by atoms with van der Waals surface area (Å²) in [5, 5.41) is 8.76. The molecule has 0 atom stereocenters. The van der Waals surface area contributed by atoms with E-state index in [0.29, 0.717) is 32.5 Å². The molecule has 1 aromatic heterocycles. The summed E-state index contributed by atoms with van der Waals surface area (Å²) in [6.07, 6.45) is 3.88. The van der Waals surface area contributed by atoms with Gasteiger partial charge in [-0.1, -0.05) is 42.5 Å². The lowest BCUT2D eigenvalue weighted by Gasteiger charge is -2.40. The van der Waals surface area contributed by atoms with Crippen molar-refractivity contribution in [3.05, 3.63) is 60.2 Å². The Morgan fingerprint density at radius 3 is 2.22 bits per heavy atom. The molecule has 7 heteroatoms. The van der Waals surface area contributed by atoms with Crippen molar-refractivity contribution in [1.29, 1.82) is 0 Å². The van der Waals surface area contributed by atoms with Crippen LogP contribution in [-0.2, 0) is 27.3 Å². The summed E-state index contributed by atoms with van der Waals surface area (Å²) < 4.78 is 5.45. The van der Waals surface area contributed by atoms with E-state index < -0.39 is 5.41 Å². The molecule has 0 spiro atoms. The van der Waals surface area contributed by atoms with Crippen LogP contribution in [-0.4, -0.2) is 51.5 Å². The molecule has 1 aliphatic heterocycles. The van der Waals surface area contributed by atoms with Crippen LogP contribution in [0.4, 0.5) is 0 Å². The van der Waals surface area contributed by atoms with E-state index in [1.807, 2.05) is 54.3 Å². The first-order chi connectivity index (χ1) is 15.6. The molecule has 2 heterocycles. The number of nitrogens with zero attached hydrogens (tertiary/aromatic N) is 4. The smallest absolute Gasteiger partial charge is 0.312 e. The van der Waals surface area contributed by atoms with Crippen LogP contribution in [0.1, 0.15) is 38.2 Å². The van der Waals surface area contributed by atoms with Crippen LogP contribution in [0.2, 0.25) is 0 Å². The number of likely N-dealkylation sites (tertiary alicyclic amines) is 1. The lowest BCUT2D eigenvalue weighted by molar-refractivity contribution is -0.161. The zero-order valence-electron chi connectivity index (χ0n) is 18.6. The van der Waals surface area contributed by atoms with Gasteiger partial charge in [-0.05, 0) is 56.7 Å². The van der Waals surface area contributed by atoms with Gasteiger partial charge in [-0.3, -0.25) is 9.59 Å². The fourth-order valence-electron chi connectivity index (χ4n) is 4.50. The number of hydrogen-bond donors (Lipinski definition) is 0. The van der Waals surface area contributed by atoms with Crippen LogP contribution in [0.15, 0.2) is 54.6 Å². The Hall–Kier alpha value is -3.22. The third-order valence-corrected chi connectivity index (χ3v) is 6.35. The third kappa shape index (κ3) is 4.98. The van der Waals surface area contributed by atoms with E-state index in [-0.39, 0.29) is 18.4 Å². The second-order valence-electron chi connectivity index (χ2n) is 8.44. The van der Waals surface area contributed by atoms with Crippen LogP contribution >= 0.6 is 0 Å². The normalized spacial score (nSPS) is 15.6. The predicted molar refractivity (Wildman–Crippen MR) is 122 cm³/mol. The summed E-state index contributed by atoms with van der Waals surface area (Å²) in [6, 6.07) is 17.9. The fraction of sp³-hybridized carbons (Fsp3) is 0.440. The molecule has 2 aromatic carbocycles. The van der Waals surface area contributed by atoms with E-state index in [9.17, 15) is 9.59 Å². The topological polar surface area (TPSA) is 77.3 Å². The van der Waals surface area contributed by atoms with Crippen molar-refractivity contribution >= 4 is 22.9 Å². The molecule has 0 N–H and O–H groups in total. The quantitative estimate of drug-likeness (QED) is 0.506. The van der Waals surface area contributed by atoms with Gasteiger partial charge >= 0.3 is 5.97 Å². The zero-order valence-corrected chi connectivity index (χ0v) is 18.6. The molecule has 0 unspecified atom stereocenters. The van der Waals surface area contributed by atoms with Gasteiger partial charge in [0.25, 0.3) is 0 Å². The van der Waals surface area contributed by atoms with Gasteiger partial charge in [-0.2, -0.15) is 15.0 Å². The zero-order chi connectivity index (χ0) is 22.4. The molecule has 1 amide bonds. The van der Waals surface area contributed by atoms with Crippen LogP contribution in [0.5, 0.6) is 0 Å². The maximum absolute atomic E-state index is 12.9. The van der Waals surface area contributed by atoms with Crippen molar-refractivity contribution in [3.8, 4) is 0 Å². The molecule has 0 saturated carbocycles. The molecule has 0 radical (unpaired) electrons. The monoisotopic (exact) mass is 434 g/mol. The first-order valence-corrected chi connectivity index (χ1v) is 11.4. The van der Waals surface area contributed by atoms with Crippen molar-refractivity contribution in [3.63, 3.8) is 0 Å². The number of hydrogen-bond acceptors (Lipinski definition) is 5. The molecule has 3 aromatic rings. The van der Waals surface area contributed by atoms with E-state index in [1.54, 1.807) is 0 Å². The number of benzene rings is 2. The van der Waals surface area contributed by atoms with Gasteiger partial charge in [-0.15, -0.1) is 0 Å². The Bertz CT molecular complexity index is 1020. The second-order valence-corrected chi connectivity index (χ2v) is 8.44. The van der Waals surface area contributed by atoms with E-state index in [1.165, 1.54) is 10.4 Å². The average molecular weight is 435 g/mol. The molecular formula is C25H30N4O3. The minimum Gasteiger partial charge on any atom is -0.466 e. The van der Waals surface area contributed by atoms with Gasteiger partial charge in [0.2, 0.25) is 5.91 Å². The summed E-state index contributed by atoms with van der Waals surface area (Å²) in [5.74, 6) is -0.146. The lowest BCUT2D eigenvalue weighted by Crippen LogP contribution is -2.48. The second kappa shape index (κ2) is 9.94. The maximum atomic E-state index is 12.9. The number of carbonyl (C=O) groups excluding carboxylic acids is 2. The van der Waals surface area contributed by atoms with Crippen LogP contribution in [0, 0.1) is 5.41 Å². The summed E-state index contributed by atoms with van der Waals surface area (Å²) >= 11 is 0. The summed E-state index contributed by atoms with van der Waals surface area (Å²) in [6.45, 7) is 3.42. The summed E-state index contributed by atoms with van der Waals surface area (Å²) in [7, 11) is 0. The van der Waals surface area contributed by atoms with E-state index in [0.717, 1.165) is 30.3 Å². The average Bonchev–Trinajstić information content (AvgIpc) is 3.22. The Morgan fingerprint density at radius 2 is 1.59 bits per heavy atom. The first kappa shape index (κ1) is 22.0. The van der Waals surface area contributed by atoms with Gasteiger partial charge in [-0.25, -0.2) is 0 Å². The lowest BCUT2D eigenvalue weighted by atomic mass is 9.74. The van der Waals surface area contributed by atoms with E-state index >= 15 is 0 Å². The number of fused-ring (bicyclic) bond motifs is 1. The third-order valence-electron chi connectivity index (χ3n) is 6.35. The summed E-state index contributed by atoms with van der Waals surface area (Å²) in [4.78, 5) is 29.0. The van der Waals surface area contributed by atoms with E-state index in [4.69, 9.17) is 4.74 Å². The highest BCUT2D eigenvalue weighted by Gasteiger charge is 2.43. The van der Waals surface area contributed by atoms with E-state index in [2.05, 4.69) is 22.3 Å². The SMILES string of the molecule is CCOC(=O)C1(CCCc2ccccc2)CCN(C(=O)Cn2nc3ccccc3n2)CC1. The standard InChI is InChI=1S/C25H30N4O3/c1-2-32-24(31)25(14-8-11-20-9-4-3-5-10-20)15-17-28(18-16-25)23(30)19-29-26-21-12-6-7-13-22(21)27-29/h3-7,9-10,12-13H,2,8,11,14-19H2,1H3. The fourth-order valence-corrected chi connectivity index (χ4v) is 4.50. The molecule has 0 aliphatic carbocycles. The van der Waals surface area contributed by atoms with Crippen molar-refractivity contribution in [2.75, 3.05) is 19.7 Å². The Morgan fingerprint density at radius 1 is 0.969 bits per heavy atom. The molecule has 32 heavy (non-hydrogen) atoms. The number of rotatable bonds is 8. The van der Waals surface area contributed by atoms with Crippen LogP contribution in [0.3, 0.4) is 0 Å². The minimum absolute atomic E-state index is 0.0212. The number of ether oxygens (including phenoxy) is 1. The molecule has 0 bridgehead atoms. The number of aromatic nitrogens is 3. The van der Waals surface area contributed by atoms with Crippen LogP contribution < -0.4 is 0 Å². The molecule has 1 saturated heterocycles. The van der Waals surface area contributed by atoms with Gasteiger partial charge in [0.05, 0.1) is 12.0 Å².